The first-order valence-electron chi connectivity index (χ1n) is 2.18. The van der Waals surface area contributed by atoms with Gasteiger partial charge in [0.05, 0.1) is 0 Å². The second-order valence-electron chi connectivity index (χ2n) is 1.41. The van der Waals surface area contributed by atoms with Crippen LogP contribution in [0.15, 0.2) is 0 Å². The summed E-state index contributed by atoms with van der Waals surface area (Å²) in [6.45, 7) is 0. The SMILES string of the molecule is N1NC2[S][Sn][S]C1S2. The molecule has 0 aromatic carbocycles. The summed E-state index contributed by atoms with van der Waals surface area (Å²) in [5, 5.41) is 0. The van der Waals surface area contributed by atoms with Crippen molar-refractivity contribution in [2.24, 2.45) is 0 Å². The van der Waals surface area contributed by atoms with Crippen molar-refractivity contribution in [1.29, 1.82) is 0 Å². The van der Waals surface area contributed by atoms with Crippen LogP contribution in [0.3, 0.4) is 0 Å². The fourth-order valence-corrected chi connectivity index (χ4v) is 18.1. The van der Waals surface area contributed by atoms with E-state index < -0.39 is 0 Å². The Balaban J connectivity index is 2.03. The molecule has 2 radical (unpaired) electrons. The van der Waals surface area contributed by atoms with Gasteiger partial charge in [-0.25, -0.2) is 0 Å². The van der Waals surface area contributed by atoms with E-state index >= 15 is 0 Å². The first-order valence-corrected chi connectivity index (χ1v) is 11.9. The molecule has 6 heteroatoms. The zero-order valence-electron chi connectivity index (χ0n) is 3.88. The topological polar surface area (TPSA) is 24.1 Å². The van der Waals surface area contributed by atoms with E-state index in [9.17, 15) is 0 Å². The molecule has 2 heterocycles. The van der Waals surface area contributed by atoms with E-state index in [4.69, 9.17) is 0 Å². The molecule has 2 aliphatic rings. The minimum atomic E-state index is -0.0741. The molecule has 2 saturated heterocycles. The Morgan fingerprint density at radius 3 is 2.25 bits per heavy atom. The fraction of sp³-hybridized carbons (Fsp3) is 1.00. The van der Waals surface area contributed by atoms with Crippen LogP contribution in [0.5, 0.6) is 0 Å². The maximum atomic E-state index is 3.22. The Hall–Kier alpha value is 1.77. The molecule has 8 heavy (non-hydrogen) atoms. The van der Waals surface area contributed by atoms with E-state index in [1.165, 1.54) is 0 Å². The Labute approximate surface area is 67.8 Å². The number of rotatable bonds is 0. The molecule has 0 aliphatic carbocycles. The molecule has 2 aliphatic heterocycles. The zero-order chi connectivity index (χ0) is 5.40. The maximum absolute atomic E-state index is 3.22. The molecule has 0 amide bonds. The molecule has 0 aromatic heterocycles. The van der Waals surface area contributed by atoms with Crippen LogP contribution in [-0.2, 0) is 0 Å². The minimum absolute atomic E-state index is 0.0741. The molecule has 2 rings (SSSR count). The van der Waals surface area contributed by atoms with E-state index in [-0.39, 0.29) is 18.4 Å². The molecular weight excluding hydrogens is 267 g/mol. The second-order valence-corrected chi connectivity index (χ2v) is 13.6. The molecule has 0 spiro atoms. The van der Waals surface area contributed by atoms with Crippen LogP contribution in [0.1, 0.15) is 0 Å². The van der Waals surface area contributed by atoms with Gasteiger partial charge < -0.3 is 0 Å². The van der Waals surface area contributed by atoms with E-state index in [2.05, 4.69) is 28.7 Å². The summed E-state index contributed by atoms with van der Waals surface area (Å²) in [7, 11) is 4.25. The van der Waals surface area contributed by atoms with Crippen LogP contribution < -0.4 is 10.9 Å². The van der Waals surface area contributed by atoms with Crippen molar-refractivity contribution in [2.45, 2.75) is 9.41 Å². The molecule has 2 fully saturated rings. The predicted octanol–water partition coefficient (Wildman–Crippen LogP) is 0.409. The third-order valence-electron chi connectivity index (χ3n) is 0.877. The third-order valence-corrected chi connectivity index (χ3v) is 16.2. The number of thioether (sulfide) groups is 1. The zero-order valence-corrected chi connectivity index (χ0v) is 9.18. The number of nitrogens with one attached hydrogen (secondary N) is 2. The van der Waals surface area contributed by atoms with Crippen LogP contribution in [0.25, 0.3) is 0 Å². The molecule has 2 unspecified atom stereocenters. The average molecular weight is 271 g/mol. The van der Waals surface area contributed by atoms with Crippen molar-refractivity contribution in [3.8, 4) is 0 Å². The van der Waals surface area contributed by atoms with Gasteiger partial charge in [-0.2, -0.15) is 0 Å². The fourth-order valence-electron chi connectivity index (χ4n) is 0.546. The van der Waals surface area contributed by atoms with E-state index in [0.29, 0.717) is 9.41 Å². The molecule has 2 atom stereocenters. The number of fused-ring (bicyclic) bond motifs is 2. The normalized spacial score (nSPS) is 45.0. The average Bonchev–Trinajstić information content (AvgIpc) is 2.12. The van der Waals surface area contributed by atoms with Gasteiger partial charge in [0, 0.05) is 0 Å². The van der Waals surface area contributed by atoms with Crippen LogP contribution >= 0.6 is 29.7 Å². The van der Waals surface area contributed by atoms with Crippen LogP contribution in [0.2, 0.25) is 0 Å². The van der Waals surface area contributed by atoms with Crippen LogP contribution in [0, 0.1) is 0 Å². The van der Waals surface area contributed by atoms with E-state index in [1.54, 1.807) is 0 Å². The summed E-state index contributed by atoms with van der Waals surface area (Å²) in [6.07, 6.45) is 0. The van der Waals surface area contributed by atoms with Crippen molar-refractivity contribution in [3.05, 3.63) is 0 Å². The molecule has 0 aromatic rings. The predicted molar refractivity (Wildman–Crippen MR) is 42.4 cm³/mol. The third kappa shape index (κ3) is 1.27. The van der Waals surface area contributed by atoms with Crippen molar-refractivity contribution in [3.63, 3.8) is 0 Å². The van der Waals surface area contributed by atoms with E-state index in [1.807, 2.05) is 11.8 Å². The summed E-state index contributed by atoms with van der Waals surface area (Å²) >= 11 is 1.92. The Bertz CT molecular complexity index is 87.3. The van der Waals surface area contributed by atoms with Gasteiger partial charge in [0.1, 0.15) is 0 Å². The van der Waals surface area contributed by atoms with Crippen molar-refractivity contribution >= 4 is 48.0 Å². The van der Waals surface area contributed by atoms with Crippen molar-refractivity contribution in [1.82, 2.24) is 10.9 Å². The summed E-state index contributed by atoms with van der Waals surface area (Å²) in [5.41, 5.74) is 6.43. The van der Waals surface area contributed by atoms with Gasteiger partial charge in [-0.05, 0) is 0 Å². The second kappa shape index (κ2) is 2.79. The first-order chi connectivity index (χ1) is 3.95. The van der Waals surface area contributed by atoms with Crippen molar-refractivity contribution in [2.75, 3.05) is 0 Å². The Morgan fingerprint density at radius 1 is 1.12 bits per heavy atom. The van der Waals surface area contributed by atoms with Crippen molar-refractivity contribution < 1.29 is 0 Å². The molecule has 0 saturated carbocycles. The summed E-state index contributed by atoms with van der Waals surface area (Å²) < 4.78 is 1.38. The Morgan fingerprint density at radius 2 is 1.75 bits per heavy atom. The van der Waals surface area contributed by atoms with Crippen LogP contribution in [-0.4, -0.2) is 27.8 Å². The Kier molecular flexibility index (Phi) is 2.26. The number of hydrogen-bond donors (Lipinski definition) is 2. The quantitative estimate of drug-likeness (QED) is 0.621. The number of hydrazine groups is 1. The molecule has 2 nitrogen and oxygen atoms in total. The van der Waals surface area contributed by atoms with E-state index in [0.717, 1.165) is 0 Å². The molecule has 44 valence electrons. The summed E-state index contributed by atoms with van der Waals surface area (Å²) in [5.74, 6) is 0. The first kappa shape index (κ1) is 6.48. The monoisotopic (exact) mass is 272 g/mol. The summed E-state index contributed by atoms with van der Waals surface area (Å²) in [6, 6.07) is 0. The molecule has 2 bridgehead atoms. The van der Waals surface area contributed by atoms with Gasteiger partial charge in [-0.3, -0.25) is 0 Å². The van der Waals surface area contributed by atoms with Gasteiger partial charge in [-0.1, -0.05) is 0 Å². The van der Waals surface area contributed by atoms with Gasteiger partial charge in [-0.15, -0.1) is 0 Å². The molecule has 2 N–H and O–H groups in total. The van der Waals surface area contributed by atoms with Gasteiger partial charge in [0.2, 0.25) is 0 Å². The van der Waals surface area contributed by atoms with Gasteiger partial charge in [0.25, 0.3) is 0 Å². The number of hydrogen-bond acceptors (Lipinski definition) is 5. The van der Waals surface area contributed by atoms with Crippen LogP contribution in [0.4, 0.5) is 0 Å². The standard InChI is InChI=1S/C2H6N2S3.Sn/c5-1-3-4-2(6)7-1;/h1-6H;/q;+2/p-2. The van der Waals surface area contributed by atoms with Gasteiger partial charge >= 0.3 is 68.3 Å². The summed E-state index contributed by atoms with van der Waals surface area (Å²) in [4.78, 5) is 0. The van der Waals surface area contributed by atoms with Gasteiger partial charge in [0.15, 0.2) is 0 Å². The molecular formula is C2H4N2S3Sn.